The smallest absolute Gasteiger partial charge is 0.410 e. The van der Waals surface area contributed by atoms with E-state index in [2.05, 4.69) is 27.8 Å². The lowest BCUT2D eigenvalue weighted by Crippen LogP contribution is -2.41. The van der Waals surface area contributed by atoms with E-state index in [0.717, 1.165) is 35.5 Å². The number of aryl methyl sites for hydroxylation is 1. The molecule has 0 aromatic carbocycles. The van der Waals surface area contributed by atoms with Crippen molar-refractivity contribution < 1.29 is 9.53 Å². The van der Waals surface area contributed by atoms with Gasteiger partial charge in [-0.25, -0.2) is 9.78 Å². The number of piperidine rings is 1. The Morgan fingerprint density at radius 2 is 2.00 bits per heavy atom. The first-order valence-corrected chi connectivity index (χ1v) is 8.48. The van der Waals surface area contributed by atoms with Gasteiger partial charge in [0.1, 0.15) is 5.60 Å². The molecule has 1 aromatic heterocycles. The maximum absolute atomic E-state index is 12.0. The van der Waals surface area contributed by atoms with E-state index in [1.165, 1.54) is 4.88 Å². The highest BCUT2D eigenvalue weighted by Crippen LogP contribution is 2.36. The van der Waals surface area contributed by atoms with Crippen LogP contribution in [-0.4, -0.2) is 34.7 Å². The predicted octanol–water partition coefficient (Wildman–Crippen LogP) is 4.33. The number of halogens is 1. The lowest BCUT2D eigenvalue weighted by Gasteiger charge is -2.33. The molecule has 112 valence electrons. The number of amides is 1. The van der Waals surface area contributed by atoms with Gasteiger partial charge in [0.15, 0.2) is 3.92 Å². The highest BCUT2D eigenvalue weighted by molar-refractivity contribution is 9.11. The molecule has 0 spiro atoms. The molecular weight excluding hydrogens is 340 g/mol. The number of nitrogens with zero attached hydrogens (tertiary/aromatic N) is 2. The van der Waals surface area contributed by atoms with Gasteiger partial charge in [0.25, 0.3) is 0 Å². The minimum absolute atomic E-state index is 0.196. The van der Waals surface area contributed by atoms with Crippen LogP contribution in [0.25, 0.3) is 0 Å². The third kappa shape index (κ3) is 3.95. The van der Waals surface area contributed by atoms with Crippen molar-refractivity contribution in [3.05, 3.63) is 14.5 Å². The molecule has 2 heterocycles. The molecule has 1 amide bonds. The van der Waals surface area contributed by atoms with Crippen molar-refractivity contribution >= 4 is 33.4 Å². The van der Waals surface area contributed by atoms with Crippen LogP contribution in [0.4, 0.5) is 4.79 Å². The number of ether oxygens (including phenoxy) is 1. The first-order chi connectivity index (χ1) is 9.26. The number of carbonyl (C=O) groups is 1. The topological polar surface area (TPSA) is 42.4 Å². The molecule has 1 saturated heterocycles. The second kappa shape index (κ2) is 6.02. The molecule has 0 N–H and O–H groups in total. The molecule has 0 bridgehead atoms. The SMILES string of the molecule is Cc1nc(Br)sc1C1CCN(C(=O)OC(C)(C)C)CC1. The average Bonchev–Trinajstić information content (AvgIpc) is 2.66. The van der Waals surface area contributed by atoms with E-state index in [4.69, 9.17) is 4.74 Å². The zero-order chi connectivity index (χ0) is 14.9. The van der Waals surface area contributed by atoms with Crippen LogP contribution in [0.15, 0.2) is 3.92 Å². The second-order valence-corrected chi connectivity index (χ2v) is 8.46. The Morgan fingerprint density at radius 3 is 2.45 bits per heavy atom. The zero-order valence-electron chi connectivity index (χ0n) is 12.4. The summed E-state index contributed by atoms with van der Waals surface area (Å²) >= 11 is 5.15. The molecule has 6 heteroatoms. The standard InChI is InChI=1S/C14H21BrN2O2S/c1-9-11(20-12(15)16-9)10-5-7-17(8-6-10)13(18)19-14(2,3)4/h10H,5-8H2,1-4H3. The molecule has 1 aromatic rings. The summed E-state index contributed by atoms with van der Waals surface area (Å²) in [5, 5.41) is 0. The molecule has 0 unspecified atom stereocenters. The molecule has 0 radical (unpaired) electrons. The van der Waals surface area contributed by atoms with E-state index in [1.807, 2.05) is 25.7 Å². The molecule has 0 saturated carbocycles. The maximum Gasteiger partial charge on any atom is 0.410 e. The summed E-state index contributed by atoms with van der Waals surface area (Å²) < 4.78 is 6.36. The molecular formula is C14H21BrN2O2S. The van der Waals surface area contributed by atoms with E-state index < -0.39 is 5.60 Å². The van der Waals surface area contributed by atoms with Crippen LogP contribution >= 0.6 is 27.3 Å². The number of likely N-dealkylation sites (tertiary alicyclic amines) is 1. The van der Waals surface area contributed by atoms with E-state index in [9.17, 15) is 4.79 Å². The minimum atomic E-state index is -0.424. The van der Waals surface area contributed by atoms with Crippen molar-refractivity contribution in [2.45, 2.75) is 52.1 Å². The van der Waals surface area contributed by atoms with Crippen LogP contribution in [0, 0.1) is 6.92 Å². The predicted molar refractivity (Wildman–Crippen MR) is 84.3 cm³/mol. The van der Waals surface area contributed by atoms with Gasteiger partial charge in [-0.2, -0.15) is 0 Å². The number of aromatic nitrogens is 1. The van der Waals surface area contributed by atoms with Crippen molar-refractivity contribution in [3.8, 4) is 0 Å². The minimum Gasteiger partial charge on any atom is -0.444 e. The summed E-state index contributed by atoms with van der Waals surface area (Å²) in [6.07, 6.45) is 1.77. The van der Waals surface area contributed by atoms with Gasteiger partial charge in [0.2, 0.25) is 0 Å². The third-order valence-electron chi connectivity index (χ3n) is 3.32. The van der Waals surface area contributed by atoms with Crippen LogP contribution in [0.1, 0.15) is 50.1 Å². The molecule has 0 aliphatic carbocycles. The van der Waals surface area contributed by atoms with E-state index in [0.29, 0.717) is 5.92 Å². The summed E-state index contributed by atoms with van der Waals surface area (Å²) in [5.41, 5.74) is 0.685. The third-order valence-corrected chi connectivity index (χ3v) is 5.10. The summed E-state index contributed by atoms with van der Waals surface area (Å²) in [7, 11) is 0. The van der Waals surface area contributed by atoms with Crippen LogP contribution in [0.3, 0.4) is 0 Å². The lowest BCUT2D eigenvalue weighted by atomic mass is 9.94. The van der Waals surface area contributed by atoms with Crippen LogP contribution in [0.2, 0.25) is 0 Å². The fourth-order valence-corrected chi connectivity index (χ4v) is 4.15. The Kier molecular flexibility index (Phi) is 4.74. The van der Waals surface area contributed by atoms with E-state index in [-0.39, 0.29) is 6.09 Å². The Balaban J connectivity index is 1.92. The molecule has 4 nitrogen and oxygen atoms in total. The first kappa shape index (κ1) is 15.8. The van der Waals surface area contributed by atoms with E-state index >= 15 is 0 Å². The Hall–Kier alpha value is -0.620. The average molecular weight is 361 g/mol. The summed E-state index contributed by atoms with van der Waals surface area (Å²) in [4.78, 5) is 19.6. The Bertz CT molecular complexity index is 488. The van der Waals surface area contributed by atoms with Crippen molar-refractivity contribution in [1.82, 2.24) is 9.88 Å². The fourth-order valence-electron chi connectivity index (χ4n) is 2.40. The highest BCUT2D eigenvalue weighted by Gasteiger charge is 2.29. The van der Waals surface area contributed by atoms with Gasteiger partial charge in [-0.3, -0.25) is 0 Å². The van der Waals surface area contributed by atoms with Gasteiger partial charge in [-0.05, 0) is 62.4 Å². The van der Waals surface area contributed by atoms with Crippen molar-refractivity contribution in [3.63, 3.8) is 0 Å². The largest absolute Gasteiger partial charge is 0.444 e. The Labute approximate surface area is 132 Å². The number of rotatable bonds is 1. The molecule has 0 atom stereocenters. The van der Waals surface area contributed by atoms with Crippen molar-refractivity contribution in [2.75, 3.05) is 13.1 Å². The molecule has 1 aliphatic heterocycles. The first-order valence-electron chi connectivity index (χ1n) is 6.87. The van der Waals surface area contributed by atoms with Gasteiger partial charge in [-0.15, -0.1) is 11.3 Å². The quantitative estimate of drug-likeness (QED) is 0.748. The molecule has 1 aliphatic rings. The van der Waals surface area contributed by atoms with Crippen molar-refractivity contribution in [1.29, 1.82) is 0 Å². The molecule has 20 heavy (non-hydrogen) atoms. The van der Waals surface area contributed by atoms with Crippen LogP contribution in [0.5, 0.6) is 0 Å². The number of thiazole rings is 1. The number of hydrogen-bond acceptors (Lipinski definition) is 4. The van der Waals surface area contributed by atoms with E-state index in [1.54, 1.807) is 11.3 Å². The zero-order valence-corrected chi connectivity index (χ0v) is 14.8. The van der Waals surface area contributed by atoms with Gasteiger partial charge in [-0.1, -0.05) is 0 Å². The lowest BCUT2D eigenvalue weighted by molar-refractivity contribution is 0.0205. The number of carbonyl (C=O) groups excluding carboxylic acids is 1. The van der Waals surface area contributed by atoms with Gasteiger partial charge < -0.3 is 9.64 Å². The summed E-state index contributed by atoms with van der Waals surface area (Å²) in [6.45, 7) is 9.27. The van der Waals surface area contributed by atoms with Gasteiger partial charge in [0.05, 0.1) is 5.69 Å². The monoisotopic (exact) mass is 360 g/mol. The fraction of sp³-hybridized carbons (Fsp3) is 0.714. The maximum atomic E-state index is 12.0. The number of hydrogen-bond donors (Lipinski definition) is 0. The van der Waals surface area contributed by atoms with Crippen molar-refractivity contribution in [2.24, 2.45) is 0 Å². The highest BCUT2D eigenvalue weighted by atomic mass is 79.9. The molecule has 1 fully saturated rings. The normalized spacial score (nSPS) is 17.4. The summed E-state index contributed by atoms with van der Waals surface area (Å²) in [5.74, 6) is 0.512. The van der Waals surface area contributed by atoms with Gasteiger partial charge in [0, 0.05) is 18.0 Å². The summed E-state index contributed by atoms with van der Waals surface area (Å²) in [6, 6.07) is 0. The van der Waals surface area contributed by atoms with Gasteiger partial charge >= 0.3 is 6.09 Å². The Morgan fingerprint density at radius 1 is 1.40 bits per heavy atom. The second-order valence-electron chi connectivity index (χ2n) is 6.16. The van der Waals surface area contributed by atoms with Crippen LogP contribution < -0.4 is 0 Å². The molecule has 2 rings (SSSR count). The van der Waals surface area contributed by atoms with Crippen LogP contribution in [-0.2, 0) is 4.74 Å².